The average Bonchev–Trinajstić information content (AvgIpc) is 2.39. The summed E-state index contributed by atoms with van der Waals surface area (Å²) in [7, 11) is -3.61. The summed E-state index contributed by atoms with van der Waals surface area (Å²) in [4.78, 5) is 0.144. The lowest BCUT2D eigenvalue weighted by Crippen LogP contribution is -2.34. The van der Waals surface area contributed by atoms with Crippen molar-refractivity contribution in [1.82, 2.24) is 4.72 Å². The molecule has 0 radical (unpaired) electrons. The van der Waals surface area contributed by atoms with Crippen LogP contribution in [0.3, 0.4) is 0 Å². The molecule has 0 aliphatic carbocycles. The van der Waals surface area contributed by atoms with E-state index in [9.17, 15) is 8.42 Å². The van der Waals surface area contributed by atoms with Gasteiger partial charge in [0.2, 0.25) is 10.0 Å². The molecule has 19 heavy (non-hydrogen) atoms. The van der Waals surface area contributed by atoms with E-state index in [1.54, 1.807) is 12.1 Å². The fourth-order valence-corrected chi connectivity index (χ4v) is 2.86. The van der Waals surface area contributed by atoms with Crippen LogP contribution in [-0.4, -0.2) is 14.5 Å². The van der Waals surface area contributed by atoms with Crippen LogP contribution in [0.5, 0.6) is 0 Å². The zero-order chi connectivity index (χ0) is 14.3. The van der Waals surface area contributed by atoms with Gasteiger partial charge in [-0.05, 0) is 24.1 Å². The normalized spacial score (nSPS) is 12.4. The zero-order valence-electron chi connectivity index (χ0n) is 10.6. The van der Waals surface area contributed by atoms with Crippen LogP contribution in [0.25, 0.3) is 0 Å². The molecule has 0 aliphatic rings. The predicted molar refractivity (Wildman–Crippen MR) is 70.4 cm³/mol. The van der Waals surface area contributed by atoms with Crippen LogP contribution < -0.4 is 4.72 Å². The van der Waals surface area contributed by atoms with Crippen molar-refractivity contribution >= 4 is 10.0 Å². The maximum absolute atomic E-state index is 12.1. The lowest BCUT2D eigenvalue weighted by atomic mass is 10.2. The summed E-state index contributed by atoms with van der Waals surface area (Å²) in [6.07, 6.45) is 0.946. The van der Waals surface area contributed by atoms with E-state index in [0.717, 1.165) is 5.56 Å². The summed E-state index contributed by atoms with van der Waals surface area (Å²) in [5.74, 6) is 0. The smallest absolute Gasteiger partial charge is 0.207 e. The van der Waals surface area contributed by atoms with Crippen molar-refractivity contribution in [3.05, 3.63) is 29.8 Å². The predicted octanol–water partition coefficient (Wildman–Crippen LogP) is 1.72. The van der Waals surface area contributed by atoms with Gasteiger partial charge in [0.25, 0.3) is 0 Å². The molecule has 0 saturated carbocycles. The molecule has 5 nitrogen and oxygen atoms in total. The molecule has 1 atom stereocenters. The minimum atomic E-state index is -3.61. The van der Waals surface area contributed by atoms with E-state index < -0.39 is 10.0 Å². The van der Waals surface area contributed by atoms with E-state index in [0.29, 0.717) is 6.42 Å². The van der Waals surface area contributed by atoms with Crippen LogP contribution in [0, 0.1) is 22.7 Å². The Morgan fingerprint density at radius 3 is 2.32 bits per heavy atom. The Morgan fingerprint density at radius 1 is 1.21 bits per heavy atom. The number of hydrogen-bond donors (Lipinski definition) is 1. The van der Waals surface area contributed by atoms with E-state index in [2.05, 4.69) is 4.72 Å². The van der Waals surface area contributed by atoms with Gasteiger partial charge in [0.05, 0.1) is 29.9 Å². The van der Waals surface area contributed by atoms with Crippen LogP contribution >= 0.6 is 0 Å². The molecule has 1 unspecified atom stereocenters. The quantitative estimate of drug-likeness (QED) is 0.856. The van der Waals surface area contributed by atoms with Gasteiger partial charge >= 0.3 is 0 Å². The molecule has 0 saturated heterocycles. The van der Waals surface area contributed by atoms with E-state index in [4.69, 9.17) is 10.5 Å². The van der Waals surface area contributed by atoms with Crippen molar-refractivity contribution in [1.29, 1.82) is 10.5 Å². The minimum Gasteiger partial charge on any atom is -0.207 e. The lowest BCUT2D eigenvalue weighted by molar-refractivity contribution is 0.543. The first kappa shape index (κ1) is 15.2. The van der Waals surface area contributed by atoms with Gasteiger partial charge in [-0.1, -0.05) is 19.1 Å². The monoisotopic (exact) mass is 277 g/mol. The third kappa shape index (κ3) is 4.36. The van der Waals surface area contributed by atoms with Gasteiger partial charge in [-0.15, -0.1) is 0 Å². The minimum absolute atomic E-state index is 0.141. The van der Waals surface area contributed by atoms with Crippen molar-refractivity contribution in [2.24, 2.45) is 0 Å². The van der Waals surface area contributed by atoms with Crippen LogP contribution in [0.15, 0.2) is 29.2 Å². The first-order valence-corrected chi connectivity index (χ1v) is 7.37. The molecular weight excluding hydrogens is 262 g/mol. The molecule has 6 heteroatoms. The highest BCUT2D eigenvalue weighted by molar-refractivity contribution is 7.89. The van der Waals surface area contributed by atoms with Gasteiger partial charge in [0, 0.05) is 6.04 Å². The third-order valence-electron chi connectivity index (χ3n) is 2.67. The van der Waals surface area contributed by atoms with Crippen LogP contribution in [-0.2, 0) is 16.4 Å². The summed E-state index contributed by atoms with van der Waals surface area (Å²) in [5.41, 5.74) is 0.769. The number of nitrogens with zero attached hydrogens (tertiary/aromatic N) is 2. The Kier molecular flexibility index (Phi) is 5.50. The summed E-state index contributed by atoms with van der Waals surface area (Å²) in [5, 5.41) is 17.2. The van der Waals surface area contributed by atoms with E-state index in [-0.39, 0.29) is 23.8 Å². The van der Waals surface area contributed by atoms with Crippen molar-refractivity contribution in [2.75, 3.05) is 0 Å². The van der Waals surface area contributed by atoms with E-state index >= 15 is 0 Å². The largest absolute Gasteiger partial charge is 0.240 e. The summed E-state index contributed by atoms with van der Waals surface area (Å²) in [6.45, 7) is 1.82. The highest BCUT2D eigenvalue weighted by atomic mass is 32.2. The number of sulfonamides is 1. The molecule has 0 aliphatic heterocycles. The SMILES string of the molecule is CCC(CC#N)NS(=O)(=O)c1ccc(CC#N)cc1. The molecule has 1 aromatic rings. The second-order valence-corrected chi connectivity index (χ2v) is 5.78. The number of nitrogens with one attached hydrogen (secondary N) is 1. The van der Waals surface area contributed by atoms with E-state index in [1.165, 1.54) is 12.1 Å². The van der Waals surface area contributed by atoms with Crippen molar-refractivity contribution in [2.45, 2.75) is 37.1 Å². The molecule has 0 amide bonds. The molecule has 0 heterocycles. The van der Waals surface area contributed by atoms with Crippen LogP contribution in [0.2, 0.25) is 0 Å². The Hall–Kier alpha value is -1.89. The average molecular weight is 277 g/mol. The maximum Gasteiger partial charge on any atom is 0.240 e. The molecule has 0 spiro atoms. The Balaban J connectivity index is 2.88. The number of rotatable bonds is 6. The molecule has 1 rings (SSSR count). The standard InChI is InChI=1S/C13H15N3O2S/c1-2-12(8-10-15)16-19(17,18)13-5-3-11(4-6-13)7-9-14/h3-6,12,16H,2,7-8H2,1H3. The molecule has 1 N–H and O–H groups in total. The second kappa shape index (κ2) is 6.89. The van der Waals surface area contributed by atoms with Crippen molar-refractivity contribution in [3.8, 4) is 12.1 Å². The Labute approximate surface area is 113 Å². The third-order valence-corrected chi connectivity index (χ3v) is 4.21. The topological polar surface area (TPSA) is 93.8 Å². The molecule has 0 aromatic heterocycles. The summed E-state index contributed by atoms with van der Waals surface area (Å²) < 4.78 is 26.6. The summed E-state index contributed by atoms with van der Waals surface area (Å²) in [6, 6.07) is 9.74. The number of benzene rings is 1. The molecule has 0 fully saturated rings. The first-order valence-electron chi connectivity index (χ1n) is 5.88. The zero-order valence-corrected chi connectivity index (χ0v) is 11.4. The summed E-state index contributed by atoms with van der Waals surface area (Å²) >= 11 is 0. The maximum atomic E-state index is 12.1. The van der Waals surface area contributed by atoms with Gasteiger partial charge in [-0.3, -0.25) is 0 Å². The molecule has 100 valence electrons. The van der Waals surface area contributed by atoms with Crippen molar-refractivity contribution in [3.63, 3.8) is 0 Å². The van der Waals surface area contributed by atoms with Crippen molar-refractivity contribution < 1.29 is 8.42 Å². The highest BCUT2D eigenvalue weighted by Gasteiger charge is 2.18. The van der Waals surface area contributed by atoms with Gasteiger partial charge in [-0.25, -0.2) is 13.1 Å². The van der Waals surface area contributed by atoms with Crippen LogP contribution in [0.4, 0.5) is 0 Å². The highest BCUT2D eigenvalue weighted by Crippen LogP contribution is 2.12. The van der Waals surface area contributed by atoms with Gasteiger partial charge in [0.15, 0.2) is 0 Å². The van der Waals surface area contributed by atoms with Crippen LogP contribution in [0.1, 0.15) is 25.3 Å². The molecule has 1 aromatic carbocycles. The first-order chi connectivity index (χ1) is 9.03. The number of nitriles is 2. The Morgan fingerprint density at radius 2 is 1.84 bits per heavy atom. The van der Waals surface area contributed by atoms with Gasteiger partial charge in [0.1, 0.15) is 0 Å². The fraction of sp³-hybridized carbons (Fsp3) is 0.385. The van der Waals surface area contributed by atoms with Gasteiger partial charge in [-0.2, -0.15) is 10.5 Å². The Bertz CT molecular complexity index is 594. The second-order valence-electron chi connectivity index (χ2n) is 4.07. The lowest BCUT2D eigenvalue weighted by Gasteiger charge is -2.14. The molecule has 0 bridgehead atoms. The fourth-order valence-electron chi connectivity index (χ4n) is 1.54. The number of hydrogen-bond acceptors (Lipinski definition) is 4. The van der Waals surface area contributed by atoms with Gasteiger partial charge < -0.3 is 0 Å². The van der Waals surface area contributed by atoms with E-state index in [1.807, 2.05) is 19.1 Å². The molecular formula is C13H15N3O2S.